The van der Waals surface area contributed by atoms with Crippen molar-refractivity contribution in [2.24, 2.45) is 0 Å². The van der Waals surface area contributed by atoms with E-state index in [1.165, 1.54) is 32.4 Å². The highest BCUT2D eigenvalue weighted by molar-refractivity contribution is 4.72. The minimum Gasteiger partial charge on any atom is -0.317 e. The van der Waals surface area contributed by atoms with Crippen molar-refractivity contribution in [2.75, 3.05) is 13.1 Å². The maximum Gasteiger partial charge on any atom is 0.0487 e. The van der Waals surface area contributed by atoms with E-state index < -0.39 is 0 Å². The standard InChI is InChI=1S/C5H11N.C3H4N2/c1-2-4-6-5-3-1;1-2-4-5-3-1/h6H,1-5H2;1-3H,(H,4,5). The molecule has 11 heavy (non-hydrogen) atoms. The molecular formula is C8H15N3. The SMILES string of the molecule is C1CCNCC1.c1cn[nH]c1. The van der Waals surface area contributed by atoms with E-state index in [0.29, 0.717) is 0 Å². The maximum absolute atomic E-state index is 3.60. The molecule has 0 saturated carbocycles. The Balaban J connectivity index is 0.000000112. The Bertz CT molecular complexity index is 116. The third-order valence-electron chi connectivity index (χ3n) is 1.61. The largest absolute Gasteiger partial charge is 0.317 e. The van der Waals surface area contributed by atoms with E-state index in [-0.39, 0.29) is 0 Å². The highest BCUT2D eigenvalue weighted by Crippen LogP contribution is 1.96. The number of piperidine rings is 1. The summed E-state index contributed by atoms with van der Waals surface area (Å²) in [5.41, 5.74) is 0. The second kappa shape index (κ2) is 5.92. The zero-order valence-electron chi connectivity index (χ0n) is 6.71. The third kappa shape index (κ3) is 4.56. The molecule has 0 spiro atoms. The minimum absolute atomic E-state index is 1.25. The minimum atomic E-state index is 1.25. The lowest BCUT2D eigenvalue weighted by atomic mass is 10.2. The Kier molecular flexibility index (Phi) is 4.45. The van der Waals surface area contributed by atoms with Gasteiger partial charge in [-0.1, -0.05) is 6.42 Å². The molecule has 0 bridgehead atoms. The van der Waals surface area contributed by atoms with Crippen molar-refractivity contribution < 1.29 is 0 Å². The number of nitrogens with zero attached hydrogens (tertiary/aromatic N) is 1. The molecule has 0 atom stereocenters. The second-order valence-electron chi connectivity index (χ2n) is 2.58. The number of rotatable bonds is 0. The van der Waals surface area contributed by atoms with Gasteiger partial charge in [-0.2, -0.15) is 5.10 Å². The van der Waals surface area contributed by atoms with Crippen LogP contribution in [0.15, 0.2) is 18.5 Å². The van der Waals surface area contributed by atoms with E-state index in [1.807, 2.05) is 6.07 Å². The highest BCUT2D eigenvalue weighted by Gasteiger charge is 1.93. The fourth-order valence-corrected chi connectivity index (χ4v) is 1.02. The summed E-state index contributed by atoms with van der Waals surface area (Å²) in [7, 11) is 0. The van der Waals surface area contributed by atoms with E-state index in [1.54, 1.807) is 12.4 Å². The Morgan fingerprint density at radius 2 is 1.91 bits per heavy atom. The first-order chi connectivity index (χ1) is 5.50. The lowest BCUT2D eigenvalue weighted by Gasteiger charge is -2.08. The number of aromatic nitrogens is 2. The summed E-state index contributed by atoms with van der Waals surface area (Å²) < 4.78 is 0. The first-order valence-corrected chi connectivity index (χ1v) is 4.14. The Labute approximate surface area is 67.2 Å². The molecule has 1 aromatic heterocycles. The molecular weight excluding hydrogens is 138 g/mol. The van der Waals surface area contributed by atoms with E-state index in [4.69, 9.17) is 0 Å². The van der Waals surface area contributed by atoms with E-state index in [2.05, 4.69) is 15.5 Å². The second-order valence-corrected chi connectivity index (χ2v) is 2.58. The van der Waals surface area contributed by atoms with Crippen LogP contribution in [0.3, 0.4) is 0 Å². The summed E-state index contributed by atoms with van der Waals surface area (Å²) in [6.07, 6.45) is 7.67. The molecule has 0 unspecified atom stereocenters. The molecule has 0 aliphatic carbocycles. The lowest BCUT2D eigenvalue weighted by Crippen LogP contribution is -2.21. The van der Waals surface area contributed by atoms with Gasteiger partial charge >= 0.3 is 0 Å². The average Bonchev–Trinajstić information content (AvgIpc) is 2.64. The molecule has 3 nitrogen and oxygen atoms in total. The van der Waals surface area contributed by atoms with Crippen LogP contribution in [0.4, 0.5) is 0 Å². The molecule has 1 saturated heterocycles. The predicted octanol–water partition coefficient (Wildman–Crippen LogP) is 1.17. The number of hydrogen-bond donors (Lipinski definition) is 2. The van der Waals surface area contributed by atoms with Crippen LogP contribution in [0.2, 0.25) is 0 Å². The van der Waals surface area contributed by atoms with Crippen LogP contribution in [0.1, 0.15) is 19.3 Å². The van der Waals surface area contributed by atoms with Gasteiger partial charge in [0.1, 0.15) is 0 Å². The van der Waals surface area contributed by atoms with Crippen molar-refractivity contribution in [1.82, 2.24) is 15.5 Å². The summed E-state index contributed by atoms with van der Waals surface area (Å²) in [6, 6.07) is 1.83. The van der Waals surface area contributed by atoms with Gasteiger partial charge in [-0.25, -0.2) is 0 Å². The number of H-pyrrole nitrogens is 1. The van der Waals surface area contributed by atoms with Crippen molar-refractivity contribution in [3.8, 4) is 0 Å². The molecule has 2 rings (SSSR count). The van der Waals surface area contributed by atoms with Gasteiger partial charge in [-0.3, -0.25) is 5.10 Å². The molecule has 3 heteroatoms. The monoisotopic (exact) mass is 153 g/mol. The summed E-state index contributed by atoms with van der Waals surface area (Å²) in [4.78, 5) is 0. The van der Waals surface area contributed by atoms with Crippen LogP contribution in [0.5, 0.6) is 0 Å². The molecule has 62 valence electrons. The van der Waals surface area contributed by atoms with Crippen LogP contribution in [-0.2, 0) is 0 Å². The Morgan fingerprint density at radius 3 is 2.09 bits per heavy atom. The normalized spacial score (nSPS) is 16.7. The van der Waals surface area contributed by atoms with Gasteiger partial charge in [0, 0.05) is 12.4 Å². The average molecular weight is 153 g/mol. The Hall–Kier alpha value is -0.830. The molecule has 0 amide bonds. The van der Waals surface area contributed by atoms with Gasteiger partial charge in [-0.15, -0.1) is 0 Å². The molecule has 1 aromatic rings. The van der Waals surface area contributed by atoms with Gasteiger partial charge in [0.15, 0.2) is 0 Å². The number of aromatic amines is 1. The van der Waals surface area contributed by atoms with E-state index in [0.717, 1.165) is 0 Å². The van der Waals surface area contributed by atoms with Gasteiger partial charge in [0.25, 0.3) is 0 Å². The fraction of sp³-hybridized carbons (Fsp3) is 0.625. The summed E-state index contributed by atoms with van der Waals surface area (Å²) in [5, 5.41) is 9.49. The molecule has 2 N–H and O–H groups in total. The third-order valence-corrected chi connectivity index (χ3v) is 1.61. The maximum atomic E-state index is 3.60. The zero-order valence-corrected chi connectivity index (χ0v) is 6.71. The Morgan fingerprint density at radius 1 is 1.09 bits per heavy atom. The van der Waals surface area contributed by atoms with Gasteiger partial charge in [0.2, 0.25) is 0 Å². The molecule has 1 aliphatic heterocycles. The van der Waals surface area contributed by atoms with Crippen molar-refractivity contribution in [2.45, 2.75) is 19.3 Å². The van der Waals surface area contributed by atoms with Crippen molar-refractivity contribution in [3.63, 3.8) is 0 Å². The van der Waals surface area contributed by atoms with Crippen LogP contribution in [-0.4, -0.2) is 23.3 Å². The van der Waals surface area contributed by atoms with E-state index in [9.17, 15) is 0 Å². The quantitative estimate of drug-likeness (QED) is 0.587. The van der Waals surface area contributed by atoms with Crippen molar-refractivity contribution in [3.05, 3.63) is 18.5 Å². The van der Waals surface area contributed by atoms with Crippen LogP contribution >= 0.6 is 0 Å². The smallest absolute Gasteiger partial charge is 0.0487 e. The molecule has 2 heterocycles. The number of hydrogen-bond acceptors (Lipinski definition) is 2. The first kappa shape index (κ1) is 8.27. The molecule has 0 aromatic carbocycles. The van der Waals surface area contributed by atoms with Gasteiger partial charge < -0.3 is 5.32 Å². The number of nitrogens with one attached hydrogen (secondary N) is 2. The van der Waals surface area contributed by atoms with Crippen molar-refractivity contribution in [1.29, 1.82) is 0 Å². The topological polar surface area (TPSA) is 40.7 Å². The lowest BCUT2D eigenvalue weighted by molar-refractivity contribution is 0.520. The molecule has 0 radical (unpaired) electrons. The molecule has 1 aliphatic rings. The summed E-state index contributed by atoms with van der Waals surface area (Å²) in [5.74, 6) is 0. The van der Waals surface area contributed by atoms with Gasteiger partial charge in [0.05, 0.1) is 0 Å². The fourth-order valence-electron chi connectivity index (χ4n) is 1.02. The summed E-state index contributed by atoms with van der Waals surface area (Å²) >= 11 is 0. The van der Waals surface area contributed by atoms with Crippen LogP contribution < -0.4 is 5.32 Å². The zero-order chi connectivity index (χ0) is 7.78. The highest BCUT2D eigenvalue weighted by atomic mass is 15.1. The summed E-state index contributed by atoms with van der Waals surface area (Å²) in [6.45, 7) is 2.50. The first-order valence-electron chi connectivity index (χ1n) is 4.14. The van der Waals surface area contributed by atoms with Crippen LogP contribution in [0.25, 0.3) is 0 Å². The van der Waals surface area contributed by atoms with E-state index >= 15 is 0 Å². The van der Waals surface area contributed by atoms with Crippen molar-refractivity contribution >= 4 is 0 Å². The van der Waals surface area contributed by atoms with Gasteiger partial charge in [-0.05, 0) is 32.0 Å². The molecule has 1 fully saturated rings. The van der Waals surface area contributed by atoms with Crippen LogP contribution in [0, 0.1) is 0 Å². The predicted molar refractivity (Wildman–Crippen MR) is 45.3 cm³/mol.